The number of hydrogen-bond donors (Lipinski definition) is 1. The molecule has 1 amide bonds. The van der Waals surface area contributed by atoms with E-state index in [-0.39, 0.29) is 5.92 Å². The lowest BCUT2D eigenvalue weighted by Crippen LogP contribution is -2.40. The van der Waals surface area contributed by atoms with Crippen LogP contribution >= 0.6 is 0 Å². The molecule has 0 aromatic carbocycles. The second-order valence-corrected chi connectivity index (χ2v) is 5.16. The van der Waals surface area contributed by atoms with Crippen molar-refractivity contribution in [3.63, 3.8) is 0 Å². The van der Waals surface area contributed by atoms with E-state index in [1.54, 1.807) is 0 Å². The van der Waals surface area contributed by atoms with Gasteiger partial charge in [0.1, 0.15) is 0 Å². The van der Waals surface area contributed by atoms with E-state index in [0.29, 0.717) is 11.8 Å². The topological polar surface area (TPSA) is 32.3 Å². The fraction of sp³-hybridized carbons (Fsp3) is 0.769. The quantitative estimate of drug-likeness (QED) is 0.717. The van der Waals surface area contributed by atoms with Crippen LogP contribution in [0.1, 0.15) is 26.7 Å². The highest BCUT2D eigenvalue weighted by molar-refractivity contribution is 5.79. The summed E-state index contributed by atoms with van der Waals surface area (Å²) >= 11 is 0. The predicted molar refractivity (Wildman–Crippen MR) is 65.1 cm³/mol. The maximum atomic E-state index is 12.1. The molecule has 1 unspecified atom stereocenters. The van der Waals surface area contributed by atoms with E-state index in [1.807, 2.05) is 4.90 Å². The molecule has 0 spiro atoms. The zero-order valence-corrected chi connectivity index (χ0v) is 10.3. The smallest absolute Gasteiger partial charge is 0.227 e. The van der Waals surface area contributed by atoms with Crippen molar-refractivity contribution in [3.05, 3.63) is 11.6 Å². The molecule has 1 N–H and O–H groups in total. The fourth-order valence-electron chi connectivity index (χ4n) is 2.53. The minimum atomic E-state index is 0.231. The third-order valence-electron chi connectivity index (χ3n) is 3.71. The Hall–Kier alpha value is -0.830. The molecule has 2 aliphatic rings. The molecule has 1 atom stereocenters. The monoisotopic (exact) mass is 222 g/mol. The van der Waals surface area contributed by atoms with Gasteiger partial charge in [-0.05, 0) is 25.3 Å². The van der Waals surface area contributed by atoms with E-state index >= 15 is 0 Å². The van der Waals surface area contributed by atoms with Gasteiger partial charge >= 0.3 is 0 Å². The van der Waals surface area contributed by atoms with Gasteiger partial charge in [-0.1, -0.05) is 25.5 Å². The number of nitrogens with one attached hydrogen (secondary N) is 1. The van der Waals surface area contributed by atoms with Crippen LogP contribution in [0.2, 0.25) is 0 Å². The molecule has 90 valence electrons. The summed E-state index contributed by atoms with van der Waals surface area (Å²) in [4.78, 5) is 14.2. The van der Waals surface area contributed by atoms with Gasteiger partial charge in [-0.25, -0.2) is 0 Å². The molecular formula is C13H22N2O. The first kappa shape index (κ1) is 11.6. The van der Waals surface area contributed by atoms with Crippen molar-refractivity contribution in [1.29, 1.82) is 0 Å². The Morgan fingerprint density at radius 1 is 1.56 bits per heavy atom. The van der Waals surface area contributed by atoms with Gasteiger partial charge in [-0.3, -0.25) is 4.79 Å². The van der Waals surface area contributed by atoms with E-state index in [2.05, 4.69) is 25.2 Å². The Bertz CT molecular complexity index is 290. The summed E-state index contributed by atoms with van der Waals surface area (Å²) in [6, 6.07) is 0. The maximum absolute atomic E-state index is 12.1. The zero-order chi connectivity index (χ0) is 11.5. The minimum Gasteiger partial charge on any atom is -0.338 e. The lowest BCUT2D eigenvalue weighted by molar-refractivity contribution is -0.134. The van der Waals surface area contributed by atoms with E-state index in [4.69, 9.17) is 0 Å². The third-order valence-corrected chi connectivity index (χ3v) is 3.71. The van der Waals surface area contributed by atoms with E-state index in [1.165, 1.54) is 5.57 Å². The lowest BCUT2D eigenvalue weighted by atomic mass is 9.96. The molecule has 3 nitrogen and oxygen atoms in total. The minimum absolute atomic E-state index is 0.231. The van der Waals surface area contributed by atoms with Crippen LogP contribution in [0.3, 0.4) is 0 Å². The van der Waals surface area contributed by atoms with Crippen molar-refractivity contribution in [2.24, 2.45) is 11.8 Å². The molecule has 3 heteroatoms. The molecule has 1 saturated heterocycles. The van der Waals surface area contributed by atoms with E-state index in [9.17, 15) is 4.79 Å². The second kappa shape index (κ2) is 5.00. The second-order valence-electron chi connectivity index (χ2n) is 5.16. The molecule has 2 rings (SSSR count). The van der Waals surface area contributed by atoms with Crippen LogP contribution in [0, 0.1) is 11.8 Å². The van der Waals surface area contributed by atoms with Crippen LogP contribution in [-0.2, 0) is 4.79 Å². The van der Waals surface area contributed by atoms with Crippen molar-refractivity contribution in [1.82, 2.24) is 10.2 Å². The van der Waals surface area contributed by atoms with Crippen LogP contribution in [0.5, 0.6) is 0 Å². The molecule has 16 heavy (non-hydrogen) atoms. The Morgan fingerprint density at radius 2 is 2.38 bits per heavy atom. The Kier molecular flexibility index (Phi) is 3.64. The van der Waals surface area contributed by atoms with Gasteiger partial charge in [0.25, 0.3) is 0 Å². The molecular weight excluding hydrogens is 200 g/mol. The molecule has 0 aliphatic carbocycles. The summed E-state index contributed by atoms with van der Waals surface area (Å²) in [5, 5.41) is 3.26. The van der Waals surface area contributed by atoms with Crippen LogP contribution in [0.25, 0.3) is 0 Å². The Balaban J connectivity index is 1.90. The molecule has 0 aromatic rings. The highest BCUT2D eigenvalue weighted by Gasteiger charge is 2.27. The average molecular weight is 222 g/mol. The standard InChI is InChI=1S/C13H22N2O/c1-10(2)11-4-7-15(8-5-11)13(16)12-3-6-14-9-12/h4,10,12,14H,3,5-9H2,1-2H3. The Morgan fingerprint density at radius 3 is 2.88 bits per heavy atom. The van der Waals surface area contributed by atoms with Gasteiger partial charge in [-0.2, -0.15) is 0 Å². The number of carbonyl (C=O) groups is 1. The zero-order valence-electron chi connectivity index (χ0n) is 10.3. The molecule has 0 aromatic heterocycles. The molecule has 0 saturated carbocycles. The molecule has 1 fully saturated rings. The van der Waals surface area contributed by atoms with Gasteiger partial charge in [0, 0.05) is 19.6 Å². The summed E-state index contributed by atoms with van der Waals surface area (Å²) in [5.74, 6) is 1.21. The normalized spacial score (nSPS) is 26.1. The fourth-order valence-corrected chi connectivity index (χ4v) is 2.53. The van der Waals surface area contributed by atoms with Crippen molar-refractivity contribution in [3.8, 4) is 0 Å². The van der Waals surface area contributed by atoms with Crippen molar-refractivity contribution >= 4 is 5.91 Å². The maximum Gasteiger partial charge on any atom is 0.227 e. The number of carbonyl (C=O) groups excluding carboxylic acids is 1. The number of hydrogen-bond acceptors (Lipinski definition) is 2. The van der Waals surface area contributed by atoms with Crippen LogP contribution in [0.15, 0.2) is 11.6 Å². The van der Waals surface area contributed by atoms with Gasteiger partial charge in [0.05, 0.1) is 5.92 Å². The SMILES string of the molecule is CC(C)C1=CCN(C(=O)C2CCNC2)CC1. The summed E-state index contributed by atoms with van der Waals surface area (Å²) in [6.45, 7) is 8.06. The number of nitrogens with zero attached hydrogens (tertiary/aromatic N) is 1. The summed E-state index contributed by atoms with van der Waals surface area (Å²) in [7, 11) is 0. The van der Waals surface area contributed by atoms with Crippen LogP contribution in [0.4, 0.5) is 0 Å². The number of rotatable bonds is 2. The molecule has 0 radical (unpaired) electrons. The predicted octanol–water partition coefficient (Wildman–Crippen LogP) is 1.41. The van der Waals surface area contributed by atoms with Gasteiger partial charge in [0.15, 0.2) is 0 Å². The van der Waals surface area contributed by atoms with Crippen molar-refractivity contribution in [2.75, 3.05) is 26.2 Å². The summed E-state index contributed by atoms with van der Waals surface area (Å²) in [5.41, 5.74) is 1.51. The first-order valence-corrected chi connectivity index (χ1v) is 6.37. The highest BCUT2D eigenvalue weighted by atomic mass is 16.2. The van der Waals surface area contributed by atoms with Gasteiger partial charge < -0.3 is 10.2 Å². The number of amides is 1. The summed E-state index contributed by atoms with van der Waals surface area (Å²) in [6.07, 6.45) is 4.31. The van der Waals surface area contributed by atoms with Crippen molar-refractivity contribution in [2.45, 2.75) is 26.7 Å². The largest absolute Gasteiger partial charge is 0.338 e. The first-order chi connectivity index (χ1) is 7.68. The first-order valence-electron chi connectivity index (χ1n) is 6.37. The van der Waals surface area contributed by atoms with Crippen LogP contribution in [-0.4, -0.2) is 37.0 Å². The Labute approximate surface area is 97.9 Å². The van der Waals surface area contributed by atoms with E-state index < -0.39 is 0 Å². The average Bonchev–Trinajstić information content (AvgIpc) is 2.81. The third kappa shape index (κ3) is 2.46. The van der Waals surface area contributed by atoms with Crippen LogP contribution < -0.4 is 5.32 Å². The molecule has 2 heterocycles. The van der Waals surface area contributed by atoms with E-state index in [0.717, 1.165) is 39.0 Å². The van der Waals surface area contributed by atoms with Crippen molar-refractivity contribution < 1.29 is 4.79 Å². The molecule has 0 bridgehead atoms. The van der Waals surface area contributed by atoms with Gasteiger partial charge in [0.2, 0.25) is 5.91 Å². The highest BCUT2D eigenvalue weighted by Crippen LogP contribution is 2.21. The molecule has 2 aliphatic heterocycles. The summed E-state index contributed by atoms with van der Waals surface area (Å²) < 4.78 is 0. The van der Waals surface area contributed by atoms with Gasteiger partial charge in [-0.15, -0.1) is 0 Å². The lowest BCUT2D eigenvalue weighted by Gasteiger charge is -2.29.